The van der Waals surface area contributed by atoms with Crippen LogP contribution in [0.15, 0.2) is 11.6 Å². The van der Waals surface area contributed by atoms with Crippen LogP contribution in [0.25, 0.3) is 0 Å². The molecule has 5 heterocycles. The topological polar surface area (TPSA) is 454 Å². The third-order valence-corrected chi connectivity index (χ3v) is 21.6. The predicted octanol–water partition coefficient (Wildman–Crippen LogP) is -9.40. The van der Waals surface area contributed by atoms with E-state index in [1.807, 2.05) is 0 Å². The van der Waals surface area contributed by atoms with Gasteiger partial charge < -0.3 is 112 Å². The third-order valence-electron chi connectivity index (χ3n) is 20.7. The van der Waals surface area contributed by atoms with E-state index in [0.717, 1.165) is 39.2 Å². The summed E-state index contributed by atoms with van der Waals surface area (Å²) in [5.41, 5.74) is 0.158. The maximum atomic E-state index is 13.0. The quantitative estimate of drug-likeness (QED) is 0.0200. The van der Waals surface area contributed by atoms with Gasteiger partial charge in [-0.25, -0.2) is 16.8 Å². The molecule has 30 nitrogen and oxygen atoms in total. The van der Waals surface area contributed by atoms with Crippen molar-refractivity contribution in [3.8, 4) is 0 Å². The molecule has 0 bridgehead atoms. The minimum Gasteiger partial charge on any atom is -0.726 e. The molecule has 5 saturated heterocycles. The summed E-state index contributed by atoms with van der Waals surface area (Å²) in [4.78, 5) is 13.0. The van der Waals surface area contributed by atoms with Gasteiger partial charge in [0, 0.05) is 13.0 Å². The third kappa shape index (κ3) is 14.6. The summed E-state index contributed by atoms with van der Waals surface area (Å²) in [6.45, 7) is 10.6. The average molecular weight is 1310 g/mol. The number of rotatable bonds is 18. The second kappa shape index (κ2) is 28.6. The molecule has 87 heavy (non-hydrogen) atoms. The maximum Gasteiger partial charge on any atom is 1.00 e. The molecule has 5 aliphatic heterocycles. The van der Waals surface area contributed by atoms with E-state index in [9.17, 15) is 81.8 Å². The SMILES string of the molecule is CO[C@@H]1[C@@H](O)[C@H](O[C@@H]2[C@@H](O)[C@H](O[C@H]3[C@H](O)[C@@H](O[C@@H]4OC[C@@H](O)[C@H](O)[C@H]4O)[C@H](O[C@H]4[C@H](O[C@H]5CC[C@]6(C)C7=CC[C@]8(C)[C@@H](C(C)=O)CC[C@@]8(C)[C@@H]7CC[C@H]6C5(C)C)OC[C@@H](OS(=O)(=O)[O-])[C@@H]4O)O[C@@H]3C)O[C@H](COS(=O)(=O)[O-])[C@H]2O)O[C@H](CO)[C@H]1O.[Na+].[Na+]. The summed E-state index contributed by atoms with van der Waals surface area (Å²) >= 11 is 0. The van der Waals surface area contributed by atoms with Gasteiger partial charge >= 0.3 is 59.1 Å². The Labute approximate surface area is 549 Å². The molecule has 10 N–H and O–H groups in total. The molecule has 0 unspecified atom stereocenters. The molecule has 0 aromatic rings. The monoisotopic (exact) mass is 1310 g/mol. The van der Waals surface area contributed by atoms with Gasteiger partial charge in [0.2, 0.25) is 20.8 Å². The minimum atomic E-state index is -5.52. The van der Waals surface area contributed by atoms with Gasteiger partial charge in [0.1, 0.15) is 110 Å². The number of ketones is 1. The zero-order valence-corrected chi connectivity index (χ0v) is 56.0. The number of aliphatic hydroxyl groups is 10. The normalized spacial score (nSPS) is 49.2. The first kappa shape index (κ1) is 74.7. The van der Waals surface area contributed by atoms with E-state index in [2.05, 4.69) is 44.9 Å². The van der Waals surface area contributed by atoms with Crippen LogP contribution in [-0.2, 0) is 86.1 Å². The summed E-state index contributed by atoms with van der Waals surface area (Å²) < 4.78 is 146. The molecule has 34 heteroatoms. The largest absolute Gasteiger partial charge is 1.00 e. The van der Waals surface area contributed by atoms with E-state index >= 15 is 0 Å². The van der Waals surface area contributed by atoms with Crippen molar-refractivity contribution in [1.82, 2.24) is 0 Å². The van der Waals surface area contributed by atoms with E-state index in [0.29, 0.717) is 12.8 Å². The molecule has 0 aromatic carbocycles. The standard InChI is InChI=1S/C53H86O30S2.2Na/c1-21(55)23-11-15-53(7)25-9-10-30-50(3,4)31(13-14-51(30,5)24(25)12-16-52(23,53)6)78-48-43(35(60)29(19-73-48)83-85(68,69)70)82-49-44(81-45-36(61)32(57)26(56)18-72-45)37(62)40(22(2)75-49)79-47-39(64)42(34(59)28(77-47)20-74-84(65,66)67)80-46-38(63)41(71-8)33(58)27(17-54)76-46;;/h12,22-23,25-49,54,56-64H,9-11,13-20H2,1-8H3,(H,65,66,67)(H,68,69,70);;/q;2*+1/p-2/t22-,23-,25-,26-,27-,28-,29-,30+,31+,32+,33-,34-,35+,36-,37+,38-,39-,40-,41+,42+,43-,44-,45+,46+,47+,48+,49+,51-,52-,53+;;/m1../s1. The van der Waals surface area contributed by atoms with Gasteiger partial charge in [-0.1, -0.05) is 46.3 Å². The Bertz CT molecular complexity index is 2610. The van der Waals surface area contributed by atoms with E-state index in [4.69, 9.17) is 56.3 Å². The van der Waals surface area contributed by atoms with Crippen molar-refractivity contribution in [3.63, 3.8) is 0 Å². The van der Waals surface area contributed by atoms with Crippen LogP contribution in [0, 0.1) is 39.4 Å². The fourth-order valence-corrected chi connectivity index (χ4v) is 16.6. The van der Waals surface area contributed by atoms with Crippen LogP contribution < -0.4 is 59.1 Å². The molecule has 9 aliphatic rings. The molecule has 0 radical (unpaired) electrons. The second-order valence-electron chi connectivity index (χ2n) is 25.7. The number of fused-ring (bicyclic) bond motifs is 5. The molecule has 0 amide bonds. The fourth-order valence-electron chi connectivity index (χ4n) is 15.9. The van der Waals surface area contributed by atoms with Gasteiger partial charge in [-0.05, 0) is 92.3 Å². The van der Waals surface area contributed by atoms with Gasteiger partial charge in [0.05, 0.1) is 38.6 Å². The summed E-state index contributed by atoms with van der Waals surface area (Å²) in [7, 11) is -9.90. The van der Waals surface area contributed by atoms with Crippen molar-refractivity contribution >= 4 is 26.6 Å². The molecule has 0 spiro atoms. The predicted molar refractivity (Wildman–Crippen MR) is 277 cm³/mol. The minimum absolute atomic E-state index is 0. The number of hydrogen-bond acceptors (Lipinski definition) is 30. The van der Waals surface area contributed by atoms with E-state index in [1.165, 1.54) is 12.5 Å². The van der Waals surface area contributed by atoms with Crippen LogP contribution in [0.5, 0.6) is 0 Å². The first-order valence-electron chi connectivity index (χ1n) is 28.8. The van der Waals surface area contributed by atoms with Crippen molar-refractivity contribution in [3.05, 3.63) is 11.6 Å². The number of carbonyl (C=O) groups is 1. The Balaban J connectivity index is 0.00000541. The average Bonchev–Trinajstić information content (AvgIpc) is 1.69. The molecular weight excluding hydrogens is 1230 g/mol. The number of carbonyl (C=O) groups excluding carboxylic acids is 1. The first-order chi connectivity index (χ1) is 39.6. The van der Waals surface area contributed by atoms with Gasteiger partial charge in [-0.2, -0.15) is 0 Å². The van der Waals surface area contributed by atoms with Crippen LogP contribution >= 0.6 is 0 Å². The Morgan fingerprint density at radius 1 is 0.621 bits per heavy atom. The Hall–Kier alpha value is 0.310. The van der Waals surface area contributed by atoms with Crippen molar-refractivity contribution in [2.24, 2.45) is 39.4 Å². The van der Waals surface area contributed by atoms with Crippen LogP contribution in [-0.4, -0.2) is 264 Å². The molecule has 0 aromatic heterocycles. The molecule has 490 valence electrons. The summed E-state index contributed by atoms with van der Waals surface area (Å²) in [5.74, 6) is 0.451. The molecule has 8 fully saturated rings. The number of Topliss-reactive ketones (excluding diaryl/α,β-unsaturated/α-hetero) is 1. The number of hydrogen-bond donors (Lipinski definition) is 10. The molecule has 9 rings (SSSR count). The van der Waals surface area contributed by atoms with E-state index in [1.54, 1.807) is 6.92 Å². The maximum absolute atomic E-state index is 13.0. The van der Waals surface area contributed by atoms with Crippen LogP contribution in [0.1, 0.15) is 93.4 Å². The number of allylic oxidation sites excluding steroid dienone is 2. The molecule has 4 aliphatic carbocycles. The molecular formula is C53H84Na2O30S2. The van der Waals surface area contributed by atoms with Crippen LogP contribution in [0.4, 0.5) is 0 Å². The van der Waals surface area contributed by atoms with Crippen molar-refractivity contribution in [2.45, 2.75) is 241 Å². The molecule has 30 atom stereocenters. The second-order valence-corrected chi connectivity index (χ2v) is 27.8. The summed E-state index contributed by atoms with van der Waals surface area (Å²) in [5, 5.41) is 111. The van der Waals surface area contributed by atoms with Gasteiger partial charge in [0.15, 0.2) is 31.5 Å². The smallest absolute Gasteiger partial charge is 0.726 e. The van der Waals surface area contributed by atoms with Crippen molar-refractivity contribution in [2.75, 3.05) is 33.5 Å². The Morgan fingerprint density at radius 2 is 1.21 bits per heavy atom. The zero-order valence-electron chi connectivity index (χ0n) is 50.4. The van der Waals surface area contributed by atoms with Gasteiger partial charge in [-0.15, -0.1) is 0 Å². The number of aliphatic hydroxyl groups excluding tert-OH is 10. The van der Waals surface area contributed by atoms with Crippen molar-refractivity contribution < 1.29 is 201 Å². The Morgan fingerprint density at radius 3 is 1.83 bits per heavy atom. The fraction of sp³-hybridized carbons (Fsp3) is 0.943. The first-order valence-corrected chi connectivity index (χ1v) is 31.5. The van der Waals surface area contributed by atoms with E-state index in [-0.39, 0.29) is 98.9 Å². The van der Waals surface area contributed by atoms with Crippen LogP contribution in [0.2, 0.25) is 0 Å². The van der Waals surface area contributed by atoms with Gasteiger partial charge in [0.25, 0.3) is 0 Å². The number of ether oxygens (including phenoxy) is 11. The Kier molecular flexibility index (Phi) is 24.5. The molecule has 3 saturated carbocycles. The summed E-state index contributed by atoms with van der Waals surface area (Å²) in [6.07, 6.45) is -36.4. The van der Waals surface area contributed by atoms with Crippen molar-refractivity contribution in [1.29, 1.82) is 0 Å². The summed E-state index contributed by atoms with van der Waals surface area (Å²) in [6, 6.07) is 0. The van der Waals surface area contributed by atoms with Crippen LogP contribution in [0.3, 0.4) is 0 Å². The van der Waals surface area contributed by atoms with E-state index < -0.39 is 200 Å². The van der Waals surface area contributed by atoms with Gasteiger partial charge in [-0.3, -0.25) is 13.2 Å². The number of methoxy groups -OCH3 is 1. The zero-order chi connectivity index (χ0) is 62.4.